The summed E-state index contributed by atoms with van der Waals surface area (Å²) in [7, 11) is 0. The van der Waals surface area contributed by atoms with E-state index in [-0.39, 0.29) is 5.69 Å². The van der Waals surface area contributed by atoms with Crippen LogP contribution < -0.4 is 4.74 Å². The highest BCUT2D eigenvalue weighted by atomic mass is 35.5. The molecule has 18 heavy (non-hydrogen) atoms. The lowest BCUT2D eigenvalue weighted by Gasteiger charge is -2.21. The van der Waals surface area contributed by atoms with Gasteiger partial charge in [-0.15, -0.1) is 0 Å². The molecule has 0 radical (unpaired) electrons. The summed E-state index contributed by atoms with van der Waals surface area (Å²) < 4.78 is 5.63. The van der Waals surface area contributed by atoms with Crippen LogP contribution in [0, 0.1) is 16.0 Å². The van der Waals surface area contributed by atoms with Crippen LogP contribution in [0.2, 0.25) is 5.02 Å². The van der Waals surface area contributed by atoms with Gasteiger partial charge in [0.25, 0.3) is 5.69 Å². The molecule has 0 N–H and O–H groups in total. The summed E-state index contributed by atoms with van der Waals surface area (Å²) in [6.07, 6.45) is 6.14. The topological polar surface area (TPSA) is 52.4 Å². The number of ether oxygens (including phenoxy) is 1. The molecule has 0 aromatic heterocycles. The van der Waals surface area contributed by atoms with Gasteiger partial charge in [-0.2, -0.15) is 0 Å². The van der Waals surface area contributed by atoms with Crippen molar-refractivity contribution in [1.29, 1.82) is 0 Å². The maximum Gasteiger partial charge on any atom is 0.273 e. The Hall–Kier alpha value is -1.29. The van der Waals surface area contributed by atoms with Crippen molar-refractivity contribution in [2.45, 2.75) is 32.1 Å². The Balaban J connectivity index is 1.99. The number of rotatable bonds is 4. The maximum absolute atomic E-state index is 10.7. The normalized spacial score (nSPS) is 16.5. The molecule has 0 spiro atoms. The predicted octanol–water partition coefficient (Wildman–Crippen LogP) is 4.21. The zero-order chi connectivity index (χ0) is 13.0. The molecule has 2 rings (SSSR count). The molecule has 1 aromatic rings. The summed E-state index contributed by atoms with van der Waals surface area (Å²) in [5.41, 5.74) is 0.0121. The Morgan fingerprint density at radius 1 is 1.33 bits per heavy atom. The van der Waals surface area contributed by atoms with E-state index in [2.05, 4.69) is 0 Å². The highest BCUT2D eigenvalue weighted by Gasteiger charge is 2.16. The van der Waals surface area contributed by atoms with Crippen LogP contribution in [0.15, 0.2) is 18.2 Å². The summed E-state index contributed by atoms with van der Waals surface area (Å²) in [5, 5.41) is 11.1. The molecule has 0 amide bonds. The van der Waals surface area contributed by atoms with Gasteiger partial charge in [0.2, 0.25) is 0 Å². The molecule has 1 saturated carbocycles. The zero-order valence-corrected chi connectivity index (χ0v) is 10.9. The molecule has 0 unspecified atom stereocenters. The Morgan fingerprint density at radius 3 is 2.72 bits per heavy atom. The number of hydrogen-bond acceptors (Lipinski definition) is 3. The van der Waals surface area contributed by atoms with Crippen molar-refractivity contribution in [1.82, 2.24) is 0 Å². The fraction of sp³-hybridized carbons (Fsp3) is 0.538. The van der Waals surface area contributed by atoms with E-state index in [1.807, 2.05) is 0 Å². The summed E-state index contributed by atoms with van der Waals surface area (Å²) in [6, 6.07) is 4.29. The molecular weight excluding hydrogens is 254 g/mol. The molecule has 1 fully saturated rings. The Bertz CT molecular complexity index is 430. The van der Waals surface area contributed by atoms with Gasteiger partial charge in [0, 0.05) is 6.07 Å². The lowest BCUT2D eigenvalue weighted by atomic mass is 9.90. The van der Waals surface area contributed by atoms with Gasteiger partial charge in [-0.3, -0.25) is 10.1 Å². The Kier molecular flexibility index (Phi) is 4.42. The van der Waals surface area contributed by atoms with Crippen LogP contribution >= 0.6 is 11.6 Å². The van der Waals surface area contributed by atoms with Crippen molar-refractivity contribution < 1.29 is 9.66 Å². The van der Waals surface area contributed by atoms with Gasteiger partial charge < -0.3 is 4.74 Å². The van der Waals surface area contributed by atoms with Gasteiger partial charge in [-0.1, -0.05) is 30.9 Å². The third-order valence-electron chi connectivity index (χ3n) is 3.32. The van der Waals surface area contributed by atoms with Gasteiger partial charge in [0.15, 0.2) is 0 Å². The number of benzene rings is 1. The highest BCUT2D eigenvalue weighted by molar-refractivity contribution is 6.32. The minimum absolute atomic E-state index is 0.0121. The average Bonchev–Trinajstić information content (AvgIpc) is 2.38. The van der Waals surface area contributed by atoms with Crippen molar-refractivity contribution in [3.63, 3.8) is 0 Å². The first-order valence-corrected chi connectivity index (χ1v) is 6.61. The van der Waals surface area contributed by atoms with Gasteiger partial charge in [-0.25, -0.2) is 0 Å². The van der Waals surface area contributed by atoms with E-state index in [1.165, 1.54) is 50.3 Å². The SMILES string of the molecule is O=[N+]([O-])c1ccc(Cl)c(OCC2CCCCC2)c1. The van der Waals surface area contributed by atoms with Crippen molar-refractivity contribution in [2.75, 3.05) is 6.61 Å². The van der Waals surface area contributed by atoms with Gasteiger partial charge in [0.1, 0.15) is 5.75 Å². The number of nitro benzene ring substituents is 1. The fourth-order valence-electron chi connectivity index (χ4n) is 2.28. The summed E-state index contributed by atoms with van der Waals surface area (Å²) >= 11 is 5.97. The summed E-state index contributed by atoms with van der Waals surface area (Å²) in [4.78, 5) is 10.2. The molecule has 1 aromatic carbocycles. The van der Waals surface area contributed by atoms with E-state index in [9.17, 15) is 10.1 Å². The van der Waals surface area contributed by atoms with E-state index in [4.69, 9.17) is 16.3 Å². The molecule has 5 heteroatoms. The third kappa shape index (κ3) is 3.35. The monoisotopic (exact) mass is 269 g/mol. The number of hydrogen-bond donors (Lipinski definition) is 0. The van der Waals surface area contributed by atoms with E-state index in [0.717, 1.165) is 0 Å². The molecule has 4 nitrogen and oxygen atoms in total. The Labute approximate surface area is 111 Å². The average molecular weight is 270 g/mol. The molecule has 98 valence electrons. The largest absolute Gasteiger partial charge is 0.491 e. The molecule has 0 atom stereocenters. The second-order valence-electron chi connectivity index (χ2n) is 4.69. The molecule has 1 aliphatic carbocycles. The number of non-ortho nitro benzene ring substituents is 1. The lowest BCUT2D eigenvalue weighted by molar-refractivity contribution is -0.384. The maximum atomic E-state index is 10.7. The van der Waals surface area contributed by atoms with E-state index in [1.54, 1.807) is 0 Å². The van der Waals surface area contributed by atoms with Crippen LogP contribution in [0.4, 0.5) is 5.69 Å². The van der Waals surface area contributed by atoms with Crippen LogP contribution in [-0.2, 0) is 0 Å². The van der Waals surface area contributed by atoms with Crippen LogP contribution in [0.25, 0.3) is 0 Å². The summed E-state index contributed by atoms with van der Waals surface area (Å²) in [6.45, 7) is 0.598. The van der Waals surface area contributed by atoms with E-state index >= 15 is 0 Å². The quantitative estimate of drug-likeness (QED) is 0.608. The zero-order valence-electron chi connectivity index (χ0n) is 10.1. The van der Waals surface area contributed by atoms with Crippen molar-refractivity contribution in [3.05, 3.63) is 33.3 Å². The molecule has 0 heterocycles. The molecule has 1 aliphatic rings. The second-order valence-corrected chi connectivity index (χ2v) is 5.09. The lowest BCUT2D eigenvalue weighted by Crippen LogP contribution is -2.15. The van der Waals surface area contributed by atoms with E-state index < -0.39 is 4.92 Å². The van der Waals surface area contributed by atoms with Crippen LogP contribution in [0.5, 0.6) is 5.75 Å². The first-order valence-electron chi connectivity index (χ1n) is 6.23. The fourth-order valence-corrected chi connectivity index (χ4v) is 2.45. The smallest absolute Gasteiger partial charge is 0.273 e. The van der Waals surface area contributed by atoms with Crippen molar-refractivity contribution in [2.24, 2.45) is 5.92 Å². The minimum Gasteiger partial charge on any atom is -0.491 e. The van der Waals surface area contributed by atoms with Crippen molar-refractivity contribution in [3.8, 4) is 5.75 Å². The predicted molar refractivity (Wildman–Crippen MR) is 70.2 cm³/mol. The first-order chi connectivity index (χ1) is 8.66. The van der Waals surface area contributed by atoms with E-state index in [0.29, 0.717) is 23.3 Å². The number of nitrogens with zero attached hydrogens (tertiary/aromatic N) is 1. The first kappa shape index (κ1) is 13.1. The molecular formula is C13H16ClNO3. The number of nitro groups is 1. The summed E-state index contributed by atoms with van der Waals surface area (Å²) in [5.74, 6) is 0.963. The van der Waals surface area contributed by atoms with Crippen LogP contribution in [0.1, 0.15) is 32.1 Å². The van der Waals surface area contributed by atoms with Crippen LogP contribution in [0.3, 0.4) is 0 Å². The standard InChI is InChI=1S/C13H16ClNO3/c14-12-7-6-11(15(16)17)8-13(12)18-9-10-4-2-1-3-5-10/h6-8,10H,1-5,9H2. The third-order valence-corrected chi connectivity index (χ3v) is 3.64. The molecule has 0 aliphatic heterocycles. The Morgan fingerprint density at radius 2 is 2.06 bits per heavy atom. The highest BCUT2D eigenvalue weighted by Crippen LogP contribution is 2.31. The minimum atomic E-state index is -0.441. The number of halogens is 1. The second kappa shape index (κ2) is 6.05. The van der Waals surface area contributed by atoms with Gasteiger partial charge in [-0.05, 0) is 24.8 Å². The molecule has 0 saturated heterocycles. The van der Waals surface area contributed by atoms with Gasteiger partial charge >= 0.3 is 0 Å². The van der Waals surface area contributed by atoms with Crippen molar-refractivity contribution >= 4 is 17.3 Å². The molecule has 0 bridgehead atoms. The van der Waals surface area contributed by atoms with Gasteiger partial charge in [0.05, 0.1) is 22.6 Å². The van der Waals surface area contributed by atoms with Crippen LogP contribution in [-0.4, -0.2) is 11.5 Å².